The van der Waals surface area contributed by atoms with E-state index in [1.54, 1.807) is 4.90 Å². The van der Waals surface area contributed by atoms with Gasteiger partial charge in [0, 0.05) is 11.8 Å². The molecule has 0 saturated heterocycles. The van der Waals surface area contributed by atoms with Crippen molar-refractivity contribution in [1.29, 1.82) is 0 Å². The lowest BCUT2D eigenvalue weighted by atomic mass is 10.0. The van der Waals surface area contributed by atoms with Crippen LogP contribution >= 0.6 is 0 Å². The normalized spacial score (nSPS) is 13.6. The first kappa shape index (κ1) is 19.2. The molecule has 2 aromatic rings. The molecule has 0 aliphatic carbocycles. The lowest BCUT2D eigenvalue weighted by Crippen LogP contribution is -2.42. The highest BCUT2D eigenvalue weighted by Crippen LogP contribution is 2.39. The molecule has 1 aliphatic heterocycles. The number of pyridine rings is 1. The average Bonchev–Trinajstić information content (AvgIpc) is 2.60. The van der Waals surface area contributed by atoms with E-state index in [4.69, 9.17) is 9.72 Å². The molecule has 144 valence electrons. The van der Waals surface area contributed by atoms with Gasteiger partial charge in [-0.05, 0) is 51.7 Å². The third-order valence-corrected chi connectivity index (χ3v) is 5.08. The van der Waals surface area contributed by atoms with Gasteiger partial charge in [0.2, 0.25) is 0 Å². The van der Waals surface area contributed by atoms with Crippen molar-refractivity contribution in [2.45, 2.75) is 67.0 Å². The van der Waals surface area contributed by atoms with Crippen molar-refractivity contribution in [3.63, 3.8) is 0 Å². The molecule has 0 spiro atoms. The van der Waals surface area contributed by atoms with E-state index in [1.807, 2.05) is 26.8 Å². The Morgan fingerprint density at radius 2 is 1.74 bits per heavy atom. The molecule has 27 heavy (non-hydrogen) atoms. The number of carbonyl (C=O) groups is 1. The summed E-state index contributed by atoms with van der Waals surface area (Å²) in [5.41, 5.74) is 5.97. The Hall–Kier alpha value is -2.56. The fourth-order valence-electron chi connectivity index (χ4n) is 3.82. The van der Waals surface area contributed by atoms with Crippen molar-refractivity contribution in [3.05, 3.63) is 46.1 Å². The van der Waals surface area contributed by atoms with Crippen LogP contribution in [0.1, 0.15) is 54.6 Å². The molecular weight excluding hydrogens is 338 g/mol. The van der Waals surface area contributed by atoms with Crippen molar-refractivity contribution in [1.82, 2.24) is 10.3 Å². The molecule has 0 fully saturated rings. The summed E-state index contributed by atoms with van der Waals surface area (Å²) in [5.74, 6) is 1.49. The highest BCUT2D eigenvalue weighted by atomic mass is 16.5. The molecule has 1 aromatic carbocycles. The number of urea groups is 1. The van der Waals surface area contributed by atoms with E-state index in [2.05, 4.69) is 38.2 Å². The summed E-state index contributed by atoms with van der Waals surface area (Å²) in [6, 6.07) is 6.02. The Morgan fingerprint density at radius 3 is 2.33 bits per heavy atom. The SMILES string of the molecule is CCC(CC)Oc1cc(C)nc2c1CNC(=O)N2c1c(C)cc(C)cc1C. The summed E-state index contributed by atoms with van der Waals surface area (Å²) in [5, 5.41) is 2.99. The van der Waals surface area contributed by atoms with Gasteiger partial charge in [0.1, 0.15) is 11.6 Å². The minimum atomic E-state index is -0.149. The number of nitrogens with zero attached hydrogens (tertiary/aromatic N) is 2. The molecule has 1 N–H and O–H groups in total. The van der Waals surface area contributed by atoms with E-state index in [0.29, 0.717) is 12.4 Å². The zero-order valence-corrected chi connectivity index (χ0v) is 17.1. The van der Waals surface area contributed by atoms with Gasteiger partial charge in [-0.2, -0.15) is 0 Å². The van der Waals surface area contributed by atoms with E-state index in [1.165, 1.54) is 5.56 Å². The number of amides is 2. The fourth-order valence-corrected chi connectivity index (χ4v) is 3.82. The maximum atomic E-state index is 12.8. The smallest absolute Gasteiger partial charge is 0.328 e. The van der Waals surface area contributed by atoms with Crippen LogP contribution in [0, 0.1) is 27.7 Å². The van der Waals surface area contributed by atoms with Gasteiger partial charge in [-0.3, -0.25) is 0 Å². The standard InChI is InChI=1S/C22H29N3O2/c1-7-17(8-2)27-19-11-16(6)24-21-18(19)12-23-22(26)25(21)20-14(4)9-13(3)10-15(20)5/h9-11,17H,7-8,12H2,1-6H3,(H,23,26). The number of hydrogen-bond acceptors (Lipinski definition) is 3. The number of hydrogen-bond donors (Lipinski definition) is 1. The zero-order chi connectivity index (χ0) is 19.7. The van der Waals surface area contributed by atoms with Crippen LogP contribution in [0.3, 0.4) is 0 Å². The first-order valence-corrected chi connectivity index (χ1v) is 9.68. The number of fused-ring (bicyclic) bond motifs is 1. The Labute approximate surface area is 161 Å². The van der Waals surface area contributed by atoms with Crippen molar-refractivity contribution >= 4 is 17.5 Å². The second-order valence-corrected chi connectivity index (χ2v) is 7.36. The number of nitrogens with one attached hydrogen (secondary N) is 1. The zero-order valence-electron chi connectivity index (χ0n) is 17.1. The van der Waals surface area contributed by atoms with Crippen molar-refractivity contribution < 1.29 is 9.53 Å². The molecule has 0 bridgehead atoms. The molecule has 1 aliphatic rings. The molecule has 1 aromatic heterocycles. The molecule has 3 rings (SSSR count). The van der Waals surface area contributed by atoms with E-state index in [0.717, 1.165) is 46.7 Å². The van der Waals surface area contributed by atoms with Gasteiger partial charge in [0.15, 0.2) is 0 Å². The number of carbonyl (C=O) groups excluding carboxylic acids is 1. The van der Waals surface area contributed by atoms with Crippen LogP contribution in [0.15, 0.2) is 18.2 Å². The van der Waals surface area contributed by atoms with E-state index < -0.39 is 0 Å². The molecule has 2 amide bonds. The molecule has 5 nitrogen and oxygen atoms in total. The molecule has 2 heterocycles. The van der Waals surface area contributed by atoms with E-state index >= 15 is 0 Å². The van der Waals surface area contributed by atoms with Crippen LogP contribution in [0.25, 0.3) is 0 Å². The van der Waals surface area contributed by atoms with Crippen LogP contribution in [-0.4, -0.2) is 17.1 Å². The van der Waals surface area contributed by atoms with Crippen LogP contribution in [-0.2, 0) is 6.54 Å². The van der Waals surface area contributed by atoms with Crippen LogP contribution in [0.4, 0.5) is 16.3 Å². The first-order valence-electron chi connectivity index (χ1n) is 9.68. The van der Waals surface area contributed by atoms with Gasteiger partial charge in [-0.15, -0.1) is 0 Å². The fraction of sp³-hybridized carbons (Fsp3) is 0.455. The lowest BCUT2D eigenvalue weighted by molar-refractivity contribution is 0.190. The topological polar surface area (TPSA) is 54.5 Å². The number of aryl methyl sites for hydroxylation is 4. The van der Waals surface area contributed by atoms with Gasteiger partial charge in [0.25, 0.3) is 0 Å². The van der Waals surface area contributed by atoms with Gasteiger partial charge in [0.05, 0.1) is 23.9 Å². The van der Waals surface area contributed by atoms with Gasteiger partial charge in [-0.25, -0.2) is 14.7 Å². The maximum Gasteiger partial charge on any atom is 0.328 e. The Morgan fingerprint density at radius 1 is 1.11 bits per heavy atom. The van der Waals surface area contributed by atoms with Crippen molar-refractivity contribution in [2.24, 2.45) is 0 Å². The average molecular weight is 367 g/mol. The molecule has 0 unspecified atom stereocenters. The van der Waals surface area contributed by atoms with E-state index in [9.17, 15) is 4.79 Å². The molecular formula is C22H29N3O2. The quantitative estimate of drug-likeness (QED) is 0.786. The lowest BCUT2D eigenvalue weighted by Gasteiger charge is -2.33. The van der Waals surface area contributed by atoms with Crippen LogP contribution in [0.5, 0.6) is 5.75 Å². The third-order valence-electron chi connectivity index (χ3n) is 5.08. The highest BCUT2D eigenvalue weighted by Gasteiger charge is 2.32. The second kappa shape index (κ2) is 7.59. The summed E-state index contributed by atoms with van der Waals surface area (Å²) >= 11 is 0. The number of anilines is 2. The Kier molecular flexibility index (Phi) is 5.40. The molecule has 0 saturated carbocycles. The summed E-state index contributed by atoms with van der Waals surface area (Å²) < 4.78 is 6.27. The third kappa shape index (κ3) is 3.64. The highest BCUT2D eigenvalue weighted by molar-refractivity contribution is 6.02. The first-order chi connectivity index (χ1) is 12.8. The van der Waals surface area contributed by atoms with Gasteiger partial charge >= 0.3 is 6.03 Å². The summed E-state index contributed by atoms with van der Waals surface area (Å²) in [6.45, 7) is 12.8. The monoisotopic (exact) mass is 367 g/mol. The van der Waals surface area contributed by atoms with Crippen LogP contribution in [0.2, 0.25) is 0 Å². The molecule has 5 heteroatoms. The van der Waals surface area contributed by atoms with Crippen molar-refractivity contribution in [3.8, 4) is 5.75 Å². The van der Waals surface area contributed by atoms with E-state index in [-0.39, 0.29) is 12.1 Å². The minimum Gasteiger partial charge on any atom is -0.490 e. The van der Waals surface area contributed by atoms with Crippen molar-refractivity contribution in [2.75, 3.05) is 4.90 Å². The summed E-state index contributed by atoms with van der Waals surface area (Å²) in [4.78, 5) is 19.3. The minimum absolute atomic E-state index is 0.149. The summed E-state index contributed by atoms with van der Waals surface area (Å²) in [7, 11) is 0. The predicted molar refractivity (Wildman–Crippen MR) is 109 cm³/mol. The second-order valence-electron chi connectivity index (χ2n) is 7.36. The molecule has 0 radical (unpaired) electrons. The maximum absolute atomic E-state index is 12.8. The number of aromatic nitrogens is 1. The summed E-state index contributed by atoms with van der Waals surface area (Å²) in [6.07, 6.45) is 2.04. The Balaban J connectivity index is 2.16. The van der Waals surface area contributed by atoms with Crippen LogP contribution < -0.4 is 15.0 Å². The van der Waals surface area contributed by atoms with Gasteiger partial charge in [-0.1, -0.05) is 31.5 Å². The van der Waals surface area contributed by atoms with Gasteiger partial charge < -0.3 is 10.1 Å². The largest absolute Gasteiger partial charge is 0.490 e. The number of ether oxygens (including phenoxy) is 1. The predicted octanol–water partition coefficient (Wildman–Crippen LogP) is 5.24. The number of benzene rings is 1. The molecule has 0 atom stereocenters. The number of rotatable bonds is 5. The Bertz CT molecular complexity index is 849.